The van der Waals surface area contributed by atoms with E-state index in [4.69, 9.17) is 21.1 Å². The van der Waals surface area contributed by atoms with Gasteiger partial charge in [-0.25, -0.2) is 9.98 Å². The zero-order valence-corrected chi connectivity index (χ0v) is 14.2. The van der Waals surface area contributed by atoms with Gasteiger partial charge < -0.3 is 14.8 Å². The Kier molecular flexibility index (Phi) is 4.16. The van der Waals surface area contributed by atoms with Gasteiger partial charge in [0.1, 0.15) is 23.5 Å². The number of benzene rings is 1. The number of alkyl halides is 1. The number of fused-ring (bicyclic) bond motifs is 1. The summed E-state index contributed by atoms with van der Waals surface area (Å²) in [5.41, 5.74) is 2.00. The van der Waals surface area contributed by atoms with Crippen molar-refractivity contribution in [3.8, 4) is 5.75 Å². The van der Waals surface area contributed by atoms with Crippen LogP contribution in [0.25, 0.3) is 0 Å². The first-order valence-electron chi connectivity index (χ1n) is 8.08. The van der Waals surface area contributed by atoms with Gasteiger partial charge in [0.05, 0.1) is 19.1 Å². The predicted octanol–water partition coefficient (Wildman–Crippen LogP) is 3.38. The van der Waals surface area contributed by atoms with E-state index < -0.39 is 5.62 Å². The lowest BCUT2D eigenvalue weighted by Crippen LogP contribution is -2.26. The molecule has 1 aromatic carbocycles. The zero-order valence-electron chi connectivity index (χ0n) is 13.4. The van der Waals surface area contributed by atoms with E-state index in [0.717, 1.165) is 54.4 Å². The highest BCUT2D eigenvalue weighted by Gasteiger charge is 2.28. The minimum atomic E-state index is -0.534. The fourth-order valence-electron chi connectivity index (χ4n) is 3.12. The largest absolute Gasteiger partial charge is 0.497 e. The molecule has 126 valence electrons. The number of nitrogens with zero attached hydrogens (tertiary/aromatic N) is 3. The second kappa shape index (κ2) is 6.45. The number of nitrogens with one attached hydrogen (secondary N) is 1. The first-order chi connectivity index (χ1) is 11.8. The number of anilines is 1. The minimum Gasteiger partial charge on any atom is -0.497 e. The number of rotatable bonds is 3. The quantitative estimate of drug-likeness (QED) is 0.683. The van der Waals surface area contributed by atoms with E-state index in [1.165, 1.54) is 0 Å². The maximum atomic E-state index is 6.31. The highest BCUT2D eigenvalue weighted by Crippen LogP contribution is 2.32. The third kappa shape index (κ3) is 2.76. The molecule has 4 rings (SSSR count). The summed E-state index contributed by atoms with van der Waals surface area (Å²) in [4.78, 5) is 9.09. The molecule has 2 aliphatic rings. The predicted molar refractivity (Wildman–Crippen MR) is 93.0 cm³/mol. The lowest BCUT2D eigenvalue weighted by Gasteiger charge is -2.27. The Morgan fingerprint density at radius 1 is 1.29 bits per heavy atom. The van der Waals surface area contributed by atoms with Crippen molar-refractivity contribution in [3.63, 3.8) is 0 Å². The molecule has 2 aromatic rings. The van der Waals surface area contributed by atoms with Crippen LogP contribution in [0.4, 0.5) is 5.82 Å². The third-order valence-corrected chi connectivity index (χ3v) is 4.55. The lowest BCUT2D eigenvalue weighted by molar-refractivity contribution is -0.0308. The fourth-order valence-corrected chi connectivity index (χ4v) is 3.32. The Labute approximate surface area is 145 Å². The molecule has 6 nitrogen and oxygen atoms in total. The van der Waals surface area contributed by atoms with E-state index in [-0.39, 0.29) is 6.23 Å². The van der Waals surface area contributed by atoms with E-state index in [0.29, 0.717) is 0 Å². The number of methoxy groups -OCH3 is 1. The molecule has 0 spiro atoms. The van der Waals surface area contributed by atoms with Crippen LogP contribution >= 0.6 is 11.6 Å². The molecule has 1 saturated heterocycles. The van der Waals surface area contributed by atoms with Gasteiger partial charge in [0, 0.05) is 12.2 Å². The van der Waals surface area contributed by atoms with Gasteiger partial charge in [0.15, 0.2) is 5.62 Å². The standard InChI is InChI=1S/C17H19ClN4O2/c1-23-12-7-5-11(6-8-12)14-15-16(21-17(18)20-14)22(10-19-15)13-4-2-3-9-24-13/h5-8,10,13,17,21H,2-4,9H2,1H3. The zero-order chi connectivity index (χ0) is 16.5. The van der Waals surface area contributed by atoms with Crippen LogP contribution in [0.3, 0.4) is 0 Å². The minimum absolute atomic E-state index is 0.00147. The van der Waals surface area contributed by atoms with Crippen molar-refractivity contribution in [2.75, 3.05) is 19.0 Å². The number of hydrogen-bond donors (Lipinski definition) is 1. The van der Waals surface area contributed by atoms with Crippen LogP contribution in [0.2, 0.25) is 0 Å². The highest BCUT2D eigenvalue weighted by atomic mass is 35.5. The van der Waals surface area contributed by atoms with Gasteiger partial charge in [-0.05, 0) is 43.5 Å². The van der Waals surface area contributed by atoms with E-state index in [9.17, 15) is 0 Å². The van der Waals surface area contributed by atoms with Crippen molar-refractivity contribution in [1.29, 1.82) is 0 Å². The van der Waals surface area contributed by atoms with E-state index >= 15 is 0 Å². The molecule has 2 atom stereocenters. The van der Waals surface area contributed by atoms with Crippen molar-refractivity contribution in [1.82, 2.24) is 9.55 Å². The van der Waals surface area contributed by atoms with E-state index in [2.05, 4.69) is 15.3 Å². The Hall–Kier alpha value is -2.05. The summed E-state index contributed by atoms with van der Waals surface area (Å²) in [6.07, 6.45) is 5.05. The lowest BCUT2D eigenvalue weighted by atomic mass is 10.1. The Morgan fingerprint density at radius 2 is 2.12 bits per heavy atom. The van der Waals surface area contributed by atoms with Crippen LogP contribution in [0.15, 0.2) is 35.6 Å². The van der Waals surface area contributed by atoms with Gasteiger partial charge >= 0.3 is 0 Å². The van der Waals surface area contributed by atoms with Crippen LogP contribution in [0, 0.1) is 0 Å². The second-order valence-electron chi connectivity index (χ2n) is 5.86. The third-order valence-electron chi connectivity index (χ3n) is 4.35. The molecule has 0 radical (unpaired) electrons. The number of aromatic nitrogens is 2. The molecule has 1 fully saturated rings. The van der Waals surface area contributed by atoms with Crippen LogP contribution in [0.1, 0.15) is 36.7 Å². The Balaban J connectivity index is 1.71. The van der Waals surface area contributed by atoms with Crippen LogP contribution in [-0.2, 0) is 4.74 Å². The summed E-state index contributed by atoms with van der Waals surface area (Å²) >= 11 is 6.31. The maximum Gasteiger partial charge on any atom is 0.197 e. The number of halogens is 1. The average molecular weight is 347 g/mol. The number of hydrogen-bond acceptors (Lipinski definition) is 5. The smallest absolute Gasteiger partial charge is 0.197 e. The summed E-state index contributed by atoms with van der Waals surface area (Å²) < 4.78 is 13.1. The summed E-state index contributed by atoms with van der Waals surface area (Å²) in [5.74, 6) is 1.67. The molecule has 1 aromatic heterocycles. The van der Waals surface area contributed by atoms with Gasteiger partial charge in [-0.1, -0.05) is 11.6 Å². The first-order valence-corrected chi connectivity index (χ1v) is 8.51. The molecule has 3 heterocycles. The summed E-state index contributed by atoms with van der Waals surface area (Å²) in [6.45, 7) is 0.779. The number of imidazole rings is 1. The molecule has 24 heavy (non-hydrogen) atoms. The van der Waals surface area contributed by atoms with Crippen LogP contribution in [0.5, 0.6) is 5.75 Å². The summed E-state index contributed by atoms with van der Waals surface area (Å²) in [7, 11) is 1.65. The molecular weight excluding hydrogens is 328 g/mol. The van der Waals surface area contributed by atoms with Gasteiger partial charge in [-0.2, -0.15) is 0 Å². The second-order valence-corrected chi connectivity index (χ2v) is 6.27. The van der Waals surface area contributed by atoms with Crippen molar-refractivity contribution in [2.45, 2.75) is 31.1 Å². The van der Waals surface area contributed by atoms with E-state index in [1.807, 2.05) is 35.2 Å². The summed E-state index contributed by atoms with van der Waals surface area (Å²) in [6, 6.07) is 7.74. The molecule has 2 unspecified atom stereocenters. The van der Waals surface area contributed by atoms with Crippen LogP contribution < -0.4 is 10.1 Å². The van der Waals surface area contributed by atoms with Crippen molar-refractivity contribution in [2.24, 2.45) is 4.99 Å². The molecular formula is C17H19ClN4O2. The van der Waals surface area contributed by atoms with Gasteiger partial charge in [0.25, 0.3) is 0 Å². The number of ether oxygens (including phenoxy) is 2. The van der Waals surface area contributed by atoms with Crippen molar-refractivity contribution < 1.29 is 9.47 Å². The molecule has 0 amide bonds. The normalized spacial score (nSPS) is 23.2. The molecule has 2 aliphatic heterocycles. The number of aliphatic imine (C=N–C) groups is 1. The summed E-state index contributed by atoms with van der Waals surface area (Å²) in [5, 5.41) is 3.20. The molecule has 0 bridgehead atoms. The maximum absolute atomic E-state index is 6.31. The Morgan fingerprint density at radius 3 is 2.83 bits per heavy atom. The monoisotopic (exact) mass is 346 g/mol. The topological polar surface area (TPSA) is 60.7 Å². The SMILES string of the molecule is COc1ccc(C2=NC(Cl)Nc3c2ncn3C2CCCCO2)cc1. The van der Waals surface area contributed by atoms with Crippen molar-refractivity contribution in [3.05, 3.63) is 41.9 Å². The fraction of sp³-hybridized carbons (Fsp3) is 0.412. The Bertz CT molecular complexity index is 750. The molecule has 7 heteroatoms. The van der Waals surface area contributed by atoms with Gasteiger partial charge in [0.2, 0.25) is 0 Å². The molecule has 1 N–H and O–H groups in total. The first kappa shape index (κ1) is 15.5. The van der Waals surface area contributed by atoms with Gasteiger partial charge in [-0.15, -0.1) is 0 Å². The van der Waals surface area contributed by atoms with Gasteiger partial charge in [-0.3, -0.25) is 4.57 Å². The molecule has 0 saturated carbocycles. The highest BCUT2D eigenvalue weighted by molar-refractivity contribution is 6.25. The molecule has 0 aliphatic carbocycles. The van der Waals surface area contributed by atoms with E-state index in [1.54, 1.807) is 7.11 Å². The van der Waals surface area contributed by atoms with Crippen molar-refractivity contribution >= 4 is 23.1 Å². The average Bonchev–Trinajstić information content (AvgIpc) is 3.05. The van der Waals surface area contributed by atoms with Crippen LogP contribution in [-0.4, -0.2) is 34.6 Å².